The maximum absolute atomic E-state index is 12.2. The van der Waals surface area contributed by atoms with Crippen molar-refractivity contribution in [3.8, 4) is 5.75 Å². The van der Waals surface area contributed by atoms with Gasteiger partial charge in [0, 0.05) is 12.6 Å². The summed E-state index contributed by atoms with van der Waals surface area (Å²) in [5.41, 5.74) is -0.0387. The third-order valence-electron chi connectivity index (χ3n) is 4.05. The first kappa shape index (κ1) is 15.8. The van der Waals surface area contributed by atoms with Gasteiger partial charge in [0.1, 0.15) is 5.75 Å². The second-order valence-electron chi connectivity index (χ2n) is 6.30. The number of ether oxygens (including phenoxy) is 1. The molecule has 116 valence electrons. The first-order valence-electron chi connectivity index (χ1n) is 7.63. The third kappa shape index (κ3) is 4.21. The highest BCUT2D eigenvalue weighted by Gasteiger charge is 2.23. The first-order chi connectivity index (χ1) is 9.88. The smallest absolute Gasteiger partial charge is 0.260 e. The number of carbonyl (C=O) groups excluding carboxylic acids is 1. The van der Waals surface area contributed by atoms with E-state index in [1.165, 1.54) is 6.42 Å². The Kier molecular flexibility index (Phi) is 4.88. The van der Waals surface area contributed by atoms with Crippen LogP contribution in [0.5, 0.6) is 5.75 Å². The molecule has 0 saturated carbocycles. The van der Waals surface area contributed by atoms with Crippen LogP contribution in [0.1, 0.15) is 45.6 Å². The molecule has 4 nitrogen and oxygen atoms in total. The molecule has 1 N–H and O–H groups in total. The van der Waals surface area contributed by atoms with Crippen molar-refractivity contribution in [2.24, 2.45) is 0 Å². The molecule has 0 bridgehead atoms. The molecule has 4 heteroatoms. The van der Waals surface area contributed by atoms with Gasteiger partial charge in [-0.3, -0.25) is 4.79 Å². The van der Waals surface area contributed by atoms with Crippen molar-refractivity contribution in [1.82, 2.24) is 4.90 Å². The van der Waals surface area contributed by atoms with Crippen molar-refractivity contribution in [3.63, 3.8) is 0 Å². The van der Waals surface area contributed by atoms with Gasteiger partial charge in [0.2, 0.25) is 0 Å². The summed E-state index contributed by atoms with van der Waals surface area (Å²) < 4.78 is 5.56. The van der Waals surface area contributed by atoms with Crippen molar-refractivity contribution in [1.29, 1.82) is 0 Å². The molecule has 1 aromatic carbocycles. The summed E-state index contributed by atoms with van der Waals surface area (Å²) in [7, 11) is 0. The van der Waals surface area contributed by atoms with Crippen LogP contribution in [0, 0.1) is 0 Å². The second-order valence-corrected chi connectivity index (χ2v) is 6.30. The zero-order valence-electron chi connectivity index (χ0n) is 13.1. The Morgan fingerprint density at radius 1 is 1.33 bits per heavy atom. The Hall–Kier alpha value is -1.55. The molecule has 1 heterocycles. The summed E-state index contributed by atoms with van der Waals surface area (Å²) in [5, 5.41) is 9.90. The van der Waals surface area contributed by atoms with Crippen LogP contribution in [-0.4, -0.2) is 35.1 Å². The van der Waals surface area contributed by atoms with Gasteiger partial charge in [-0.1, -0.05) is 12.1 Å². The Morgan fingerprint density at radius 3 is 2.57 bits per heavy atom. The van der Waals surface area contributed by atoms with Gasteiger partial charge in [0.05, 0.1) is 5.60 Å². The van der Waals surface area contributed by atoms with Gasteiger partial charge in [0.15, 0.2) is 6.61 Å². The zero-order chi connectivity index (χ0) is 15.5. The lowest BCUT2D eigenvalue weighted by molar-refractivity contribution is -0.136. The molecule has 1 aliphatic heterocycles. The summed E-state index contributed by atoms with van der Waals surface area (Å²) in [6, 6.07) is 7.54. The van der Waals surface area contributed by atoms with Crippen LogP contribution in [0.25, 0.3) is 0 Å². The lowest BCUT2D eigenvalue weighted by atomic mass is 9.99. The van der Waals surface area contributed by atoms with Gasteiger partial charge in [-0.25, -0.2) is 0 Å². The van der Waals surface area contributed by atoms with Gasteiger partial charge in [0.25, 0.3) is 5.91 Å². The van der Waals surface area contributed by atoms with Crippen LogP contribution >= 0.6 is 0 Å². The summed E-state index contributed by atoms with van der Waals surface area (Å²) in [6.07, 6.45) is 3.35. The number of nitrogens with zero attached hydrogens (tertiary/aromatic N) is 1. The highest BCUT2D eigenvalue weighted by Crippen LogP contribution is 2.22. The lowest BCUT2D eigenvalue weighted by Crippen LogP contribution is -2.44. The number of hydrogen-bond donors (Lipinski definition) is 1. The Morgan fingerprint density at radius 2 is 2.00 bits per heavy atom. The lowest BCUT2D eigenvalue weighted by Gasteiger charge is -2.33. The van der Waals surface area contributed by atoms with Crippen molar-refractivity contribution >= 4 is 5.91 Å². The average molecular weight is 291 g/mol. The molecule has 0 unspecified atom stereocenters. The van der Waals surface area contributed by atoms with Crippen LogP contribution < -0.4 is 4.74 Å². The van der Waals surface area contributed by atoms with E-state index < -0.39 is 5.60 Å². The molecule has 1 saturated heterocycles. The van der Waals surface area contributed by atoms with Gasteiger partial charge in [-0.15, -0.1) is 0 Å². The molecule has 1 aliphatic rings. The average Bonchev–Trinajstić information content (AvgIpc) is 2.45. The third-order valence-corrected chi connectivity index (χ3v) is 4.05. The minimum absolute atomic E-state index is 0.0498. The Bertz CT molecular complexity index is 476. The molecule has 1 aromatic rings. The van der Waals surface area contributed by atoms with Crippen molar-refractivity contribution in [3.05, 3.63) is 29.8 Å². The largest absolute Gasteiger partial charge is 0.484 e. The quantitative estimate of drug-likeness (QED) is 0.928. The van der Waals surface area contributed by atoms with Gasteiger partial charge >= 0.3 is 0 Å². The number of hydrogen-bond acceptors (Lipinski definition) is 3. The zero-order valence-corrected chi connectivity index (χ0v) is 13.1. The topological polar surface area (TPSA) is 49.8 Å². The minimum atomic E-state index is -0.864. The van der Waals surface area contributed by atoms with E-state index in [1.807, 2.05) is 17.0 Å². The SMILES string of the molecule is C[C@H]1CCCCN1C(=O)COc1ccc(C(C)(C)O)cc1. The van der Waals surface area contributed by atoms with Crippen molar-refractivity contribution < 1.29 is 14.6 Å². The summed E-state index contributed by atoms with van der Waals surface area (Å²) in [6.45, 7) is 6.48. The summed E-state index contributed by atoms with van der Waals surface area (Å²) in [4.78, 5) is 14.1. The van der Waals surface area contributed by atoms with Crippen LogP contribution in [0.4, 0.5) is 0 Å². The summed E-state index contributed by atoms with van der Waals surface area (Å²) in [5.74, 6) is 0.703. The fourth-order valence-corrected chi connectivity index (χ4v) is 2.66. The van der Waals surface area contributed by atoms with Crippen molar-refractivity contribution in [2.75, 3.05) is 13.2 Å². The molecule has 0 radical (unpaired) electrons. The molecule has 0 spiro atoms. The van der Waals surface area contributed by atoms with Gasteiger partial charge < -0.3 is 14.7 Å². The van der Waals surface area contributed by atoms with Crippen LogP contribution in [0.2, 0.25) is 0 Å². The highest BCUT2D eigenvalue weighted by molar-refractivity contribution is 5.78. The van der Waals surface area contributed by atoms with E-state index >= 15 is 0 Å². The summed E-state index contributed by atoms with van der Waals surface area (Å²) >= 11 is 0. The number of benzene rings is 1. The minimum Gasteiger partial charge on any atom is -0.484 e. The molecule has 0 aromatic heterocycles. The van der Waals surface area contributed by atoms with E-state index in [9.17, 15) is 9.90 Å². The van der Waals surface area contributed by atoms with E-state index in [0.717, 1.165) is 24.9 Å². The van der Waals surface area contributed by atoms with E-state index in [2.05, 4.69) is 6.92 Å². The molecule has 1 amide bonds. The second kappa shape index (κ2) is 6.48. The van der Waals surface area contributed by atoms with Crippen LogP contribution in [-0.2, 0) is 10.4 Å². The fourth-order valence-electron chi connectivity index (χ4n) is 2.66. The predicted molar refractivity (Wildman–Crippen MR) is 82.2 cm³/mol. The normalized spacial score (nSPS) is 19.4. The molecular weight excluding hydrogens is 266 g/mol. The monoisotopic (exact) mass is 291 g/mol. The fraction of sp³-hybridized carbons (Fsp3) is 0.588. The molecule has 0 aliphatic carbocycles. The number of rotatable bonds is 4. The van der Waals surface area contributed by atoms with Crippen molar-refractivity contribution in [2.45, 2.75) is 51.7 Å². The van der Waals surface area contributed by atoms with E-state index in [-0.39, 0.29) is 12.5 Å². The maximum atomic E-state index is 12.2. The molecule has 21 heavy (non-hydrogen) atoms. The Labute approximate surface area is 126 Å². The molecule has 1 atom stereocenters. The van der Waals surface area contributed by atoms with E-state index in [4.69, 9.17) is 4.74 Å². The highest BCUT2D eigenvalue weighted by atomic mass is 16.5. The number of aliphatic hydroxyl groups is 1. The van der Waals surface area contributed by atoms with Crippen LogP contribution in [0.3, 0.4) is 0 Å². The van der Waals surface area contributed by atoms with Gasteiger partial charge in [-0.2, -0.15) is 0 Å². The number of carbonyl (C=O) groups is 1. The Balaban J connectivity index is 1.89. The molecule has 1 fully saturated rings. The van der Waals surface area contributed by atoms with Gasteiger partial charge in [-0.05, 0) is 57.7 Å². The predicted octanol–water partition coefficient (Wildman–Crippen LogP) is 2.69. The first-order valence-corrected chi connectivity index (χ1v) is 7.63. The molecular formula is C17H25NO3. The number of piperidine rings is 1. The maximum Gasteiger partial charge on any atom is 0.260 e. The molecule has 2 rings (SSSR count). The number of likely N-dealkylation sites (tertiary alicyclic amines) is 1. The van der Waals surface area contributed by atoms with Crippen LogP contribution in [0.15, 0.2) is 24.3 Å². The van der Waals surface area contributed by atoms with E-state index in [1.54, 1.807) is 26.0 Å². The number of amides is 1. The standard InChI is InChI=1S/C17H25NO3/c1-13-6-4-5-11-18(13)16(19)12-21-15-9-7-14(8-10-15)17(2,3)20/h7-10,13,20H,4-6,11-12H2,1-3H3/t13-/m0/s1. The van der Waals surface area contributed by atoms with E-state index in [0.29, 0.717) is 11.8 Å².